The SMILES string of the molecule is OCC1(COc2cccc(Cl)c2)COC1. The van der Waals surface area contributed by atoms with E-state index in [-0.39, 0.29) is 12.0 Å². The molecule has 1 aromatic rings. The van der Waals surface area contributed by atoms with E-state index in [0.717, 1.165) is 5.75 Å². The summed E-state index contributed by atoms with van der Waals surface area (Å²) < 4.78 is 10.6. The van der Waals surface area contributed by atoms with Gasteiger partial charge in [0.05, 0.1) is 25.2 Å². The molecule has 0 amide bonds. The molecule has 3 nitrogen and oxygen atoms in total. The van der Waals surface area contributed by atoms with Gasteiger partial charge in [-0.1, -0.05) is 17.7 Å². The lowest BCUT2D eigenvalue weighted by molar-refractivity contribution is -0.153. The van der Waals surface area contributed by atoms with Gasteiger partial charge in [-0.15, -0.1) is 0 Å². The molecule has 82 valence electrons. The first-order chi connectivity index (χ1) is 7.24. The third-order valence-corrected chi connectivity index (χ3v) is 2.73. The zero-order chi connectivity index (χ0) is 10.7. The van der Waals surface area contributed by atoms with Crippen LogP contribution in [0.3, 0.4) is 0 Å². The predicted octanol–water partition coefficient (Wildman–Crippen LogP) is 1.73. The molecule has 15 heavy (non-hydrogen) atoms. The molecule has 1 aliphatic heterocycles. The fourth-order valence-corrected chi connectivity index (χ4v) is 1.58. The van der Waals surface area contributed by atoms with Crippen molar-refractivity contribution >= 4 is 11.6 Å². The molecule has 0 spiro atoms. The molecule has 0 aromatic heterocycles. The average molecular weight is 229 g/mol. The summed E-state index contributed by atoms with van der Waals surface area (Å²) in [7, 11) is 0. The molecule has 1 heterocycles. The molecular weight excluding hydrogens is 216 g/mol. The monoisotopic (exact) mass is 228 g/mol. The molecule has 4 heteroatoms. The Morgan fingerprint density at radius 2 is 2.27 bits per heavy atom. The van der Waals surface area contributed by atoms with Crippen molar-refractivity contribution in [1.29, 1.82) is 0 Å². The maximum absolute atomic E-state index is 9.18. The van der Waals surface area contributed by atoms with Gasteiger partial charge in [0, 0.05) is 5.02 Å². The van der Waals surface area contributed by atoms with Crippen molar-refractivity contribution in [2.45, 2.75) is 0 Å². The Kier molecular flexibility index (Phi) is 3.14. The summed E-state index contributed by atoms with van der Waals surface area (Å²) in [6, 6.07) is 7.23. The second-order valence-corrected chi connectivity index (χ2v) is 4.33. The standard InChI is InChI=1S/C11H13ClO3/c12-9-2-1-3-10(4-9)15-8-11(5-13)6-14-7-11/h1-4,13H,5-8H2. The highest BCUT2D eigenvalue weighted by molar-refractivity contribution is 6.30. The molecule has 1 aliphatic rings. The first-order valence-corrected chi connectivity index (χ1v) is 5.19. The van der Waals surface area contributed by atoms with E-state index < -0.39 is 0 Å². The molecule has 1 aromatic carbocycles. The van der Waals surface area contributed by atoms with Crippen LogP contribution in [-0.2, 0) is 4.74 Å². The van der Waals surface area contributed by atoms with E-state index in [4.69, 9.17) is 21.1 Å². The fourth-order valence-electron chi connectivity index (χ4n) is 1.40. The Bertz CT molecular complexity index is 331. The third-order valence-electron chi connectivity index (χ3n) is 2.49. The lowest BCUT2D eigenvalue weighted by Crippen LogP contribution is -2.49. The number of ether oxygens (including phenoxy) is 2. The van der Waals surface area contributed by atoms with Crippen LogP contribution in [0.25, 0.3) is 0 Å². The number of hydrogen-bond acceptors (Lipinski definition) is 3. The molecule has 0 unspecified atom stereocenters. The van der Waals surface area contributed by atoms with Gasteiger partial charge in [0.25, 0.3) is 0 Å². The summed E-state index contributed by atoms with van der Waals surface area (Å²) >= 11 is 5.82. The van der Waals surface area contributed by atoms with Gasteiger partial charge in [0.15, 0.2) is 0 Å². The van der Waals surface area contributed by atoms with Crippen molar-refractivity contribution in [3.63, 3.8) is 0 Å². The quantitative estimate of drug-likeness (QED) is 0.853. The van der Waals surface area contributed by atoms with E-state index in [0.29, 0.717) is 24.8 Å². The van der Waals surface area contributed by atoms with Gasteiger partial charge in [-0.05, 0) is 18.2 Å². The molecule has 0 aliphatic carbocycles. The minimum atomic E-state index is -0.220. The van der Waals surface area contributed by atoms with Crippen molar-refractivity contribution in [3.05, 3.63) is 29.3 Å². The van der Waals surface area contributed by atoms with E-state index in [1.54, 1.807) is 12.1 Å². The van der Waals surface area contributed by atoms with E-state index in [1.165, 1.54) is 0 Å². The van der Waals surface area contributed by atoms with Crippen LogP contribution in [0.4, 0.5) is 0 Å². The molecule has 1 N–H and O–H groups in total. The summed E-state index contributed by atoms with van der Waals surface area (Å²) in [4.78, 5) is 0. The molecule has 1 fully saturated rings. The van der Waals surface area contributed by atoms with Gasteiger partial charge in [0.2, 0.25) is 0 Å². The van der Waals surface area contributed by atoms with Gasteiger partial charge >= 0.3 is 0 Å². The Morgan fingerprint density at radius 3 is 2.80 bits per heavy atom. The first kappa shape index (κ1) is 10.7. The van der Waals surface area contributed by atoms with Gasteiger partial charge in [-0.2, -0.15) is 0 Å². The Hall–Kier alpha value is -0.770. The van der Waals surface area contributed by atoms with Crippen LogP contribution in [0.15, 0.2) is 24.3 Å². The molecule has 1 saturated heterocycles. The lowest BCUT2D eigenvalue weighted by Gasteiger charge is -2.39. The summed E-state index contributed by atoms with van der Waals surface area (Å²) in [6.07, 6.45) is 0. The van der Waals surface area contributed by atoms with Gasteiger partial charge in [-0.3, -0.25) is 0 Å². The number of benzene rings is 1. The van der Waals surface area contributed by atoms with Gasteiger partial charge in [0.1, 0.15) is 12.4 Å². The normalized spacial score (nSPS) is 18.3. The average Bonchev–Trinajstić information content (AvgIpc) is 2.17. The number of aliphatic hydroxyl groups is 1. The molecular formula is C11H13ClO3. The van der Waals surface area contributed by atoms with Crippen LogP contribution in [-0.4, -0.2) is 31.5 Å². The lowest BCUT2D eigenvalue weighted by atomic mass is 9.88. The highest BCUT2D eigenvalue weighted by atomic mass is 35.5. The maximum atomic E-state index is 9.18. The summed E-state index contributed by atoms with van der Waals surface area (Å²) in [5.74, 6) is 0.724. The highest BCUT2D eigenvalue weighted by Crippen LogP contribution is 2.28. The maximum Gasteiger partial charge on any atom is 0.120 e. The Balaban J connectivity index is 1.92. The smallest absolute Gasteiger partial charge is 0.120 e. The zero-order valence-electron chi connectivity index (χ0n) is 8.28. The van der Waals surface area contributed by atoms with Crippen molar-refractivity contribution in [2.75, 3.05) is 26.4 Å². The van der Waals surface area contributed by atoms with Crippen LogP contribution in [0.5, 0.6) is 5.75 Å². The van der Waals surface area contributed by atoms with Crippen molar-refractivity contribution in [3.8, 4) is 5.75 Å². The van der Waals surface area contributed by atoms with Crippen molar-refractivity contribution in [2.24, 2.45) is 5.41 Å². The molecule has 0 saturated carbocycles. The Labute approximate surface area is 93.6 Å². The van der Waals surface area contributed by atoms with E-state index >= 15 is 0 Å². The third kappa shape index (κ3) is 2.43. The zero-order valence-corrected chi connectivity index (χ0v) is 9.04. The van der Waals surface area contributed by atoms with E-state index in [9.17, 15) is 5.11 Å². The Morgan fingerprint density at radius 1 is 1.47 bits per heavy atom. The topological polar surface area (TPSA) is 38.7 Å². The van der Waals surface area contributed by atoms with Crippen molar-refractivity contribution in [1.82, 2.24) is 0 Å². The van der Waals surface area contributed by atoms with Crippen LogP contribution in [0.2, 0.25) is 5.02 Å². The van der Waals surface area contributed by atoms with Crippen LogP contribution >= 0.6 is 11.6 Å². The van der Waals surface area contributed by atoms with Crippen LogP contribution in [0, 0.1) is 5.41 Å². The van der Waals surface area contributed by atoms with E-state index in [1.807, 2.05) is 12.1 Å². The molecule has 0 bridgehead atoms. The molecule has 0 radical (unpaired) electrons. The minimum Gasteiger partial charge on any atom is -0.493 e. The van der Waals surface area contributed by atoms with Gasteiger partial charge in [-0.25, -0.2) is 0 Å². The van der Waals surface area contributed by atoms with Gasteiger partial charge < -0.3 is 14.6 Å². The summed E-state index contributed by atoms with van der Waals surface area (Å²) in [5, 5.41) is 9.83. The fraction of sp³-hybridized carbons (Fsp3) is 0.455. The number of halogens is 1. The second-order valence-electron chi connectivity index (χ2n) is 3.90. The molecule has 0 atom stereocenters. The minimum absolute atomic E-state index is 0.0908. The number of rotatable bonds is 4. The highest BCUT2D eigenvalue weighted by Gasteiger charge is 2.39. The van der Waals surface area contributed by atoms with Crippen molar-refractivity contribution < 1.29 is 14.6 Å². The number of aliphatic hydroxyl groups excluding tert-OH is 1. The summed E-state index contributed by atoms with van der Waals surface area (Å²) in [6.45, 7) is 1.67. The van der Waals surface area contributed by atoms with Crippen LogP contribution < -0.4 is 4.74 Å². The molecule has 2 rings (SSSR count). The summed E-state index contributed by atoms with van der Waals surface area (Å²) in [5.41, 5.74) is -0.220. The predicted molar refractivity (Wildman–Crippen MR) is 57.3 cm³/mol. The van der Waals surface area contributed by atoms with E-state index in [2.05, 4.69) is 0 Å². The largest absolute Gasteiger partial charge is 0.493 e. The van der Waals surface area contributed by atoms with Crippen LogP contribution in [0.1, 0.15) is 0 Å². The number of hydrogen-bond donors (Lipinski definition) is 1. The first-order valence-electron chi connectivity index (χ1n) is 4.81. The second kappa shape index (κ2) is 4.39.